The summed E-state index contributed by atoms with van der Waals surface area (Å²) in [6.07, 6.45) is -2.09. The summed E-state index contributed by atoms with van der Waals surface area (Å²) in [7, 11) is 1.56. The third-order valence-electron chi connectivity index (χ3n) is 3.82. The molecule has 2 aliphatic rings. The molecule has 9 nitrogen and oxygen atoms in total. The van der Waals surface area contributed by atoms with Crippen LogP contribution in [-0.2, 0) is 18.9 Å². The number of benzene rings is 1. The number of ether oxygens (including phenoxy) is 5. The fourth-order valence-electron chi connectivity index (χ4n) is 2.68. The van der Waals surface area contributed by atoms with Gasteiger partial charge in [0.25, 0.3) is 5.69 Å². The lowest BCUT2D eigenvalue weighted by Crippen LogP contribution is -2.35. The Kier molecular flexibility index (Phi) is 4.42. The molecule has 124 valence electrons. The molecule has 2 heterocycles. The molecule has 9 heteroatoms. The van der Waals surface area contributed by atoms with Gasteiger partial charge in [-0.15, -0.1) is 0 Å². The van der Waals surface area contributed by atoms with Gasteiger partial charge in [0.15, 0.2) is 6.29 Å². The number of carbonyl (C=O) groups is 1. The van der Waals surface area contributed by atoms with Crippen molar-refractivity contribution in [2.24, 2.45) is 5.92 Å². The zero-order chi connectivity index (χ0) is 16.4. The van der Waals surface area contributed by atoms with Crippen LogP contribution in [0.5, 0.6) is 5.75 Å². The van der Waals surface area contributed by atoms with E-state index in [9.17, 15) is 14.9 Å². The second-order valence-corrected chi connectivity index (χ2v) is 5.15. The van der Waals surface area contributed by atoms with E-state index >= 15 is 0 Å². The van der Waals surface area contributed by atoms with Crippen LogP contribution >= 0.6 is 0 Å². The third-order valence-corrected chi connectivity index (χ3v) is 3.82. The van der Waals surface area contributed by atoms with E-state index < -0.39 is 23.5 Å². The molecule has 2 saturated heterocycles. The molecule has 3 rings (SSSR count). The molecule has 0 amide bonds. The van der Waals surface area contributed by atoms with Crippen molar-refractivity contribution < 1.29 is 33.4 Å². The van der Waals surface area contributed by atoms with Gasteiger partial charge in [0.05, 0.1) is 30.2 Å². The highest BCUT2D eigenvalue weighted by Gasteiger charge is 2.50. The number of fused-ring (bicyclic) bond motifs is 1. The molecule has 23 heavy (non-hydrogen) atoms. The summed E-state index contributed by atoms with van der Waals surface area (Å²) in [6.45, 7) is 0.577. The fraction of sp³-hybridized carbons (Fsp3) is 0.500. The van der Waals surface area contributed by atoms with Crippen molar-refractivity contribution in [3.63, 3.8) is 0 Å². The van der Waals surface area contributed by atoms with E-state index in [-0.39, 0.29) is 30.1 Å². The van der Waals surface area contributed by atoms with Gasteiger partial charge in [0.1, 0.15) is 11.9 Å². The second kappa shape index (κ2) is 6.49. The maximum atomic E-state index is 11.9. The first-order valence-corrected chi connectivity index (χ1v) is 6.97. The summed E-state index contributed by atoms with van der Waals surface area (Å²) in [5, 5.41) is 10.6. The van der Waals surface area contributed by atoms with E-state index in [2.05, 4.69) is 0 Å². The Morgan fingerprint density at radius 3 is 2.48 bits per heavy atom. The molecule has 0 spiro atoms. The molecule has 0 saturated carbocycles. The number of hydrogen-bond donors (Lipinski definition) is 0. The maximum absolute atomic E-state index is 11.9. The lowest BCUT2D eigenvalue weighted by molar-refractivity contribution is -0.384. The standard InChI is InChI=1S/C14H15NO8/c1-19-10-6-20-13-12(10)11(7-21-13)23-14(16)22-9-4-2-8(3-5-9)15(17)18/h2-5,10-13H,6-7H2,1H3/t10-,11+,12+,13-/m1/s1. The third kappa shape index (κ3) is 3.26. The van der Waals surface area contributed by atoms with Crippen LogP contribution in [0.3, 0.4) is 0 Å². The normalized spacial score (nSPS) is 29.1. The molecule has 1 aromatic carbocycles. The summed E-state index contributed by atoms with van der Waals surface area (Å²) in [5.41, 5.74) is -0.0937. The van der Waals surface area contributed by atoms with Crippen molar-refractivity contribution in [2.45, 2.75) is 18.5 Å². The van der Waals surface area contributed by atoms with Gasteiger partial charge < -0.3 is 23.7 Å². The van der Waals surface area contributed by atoms with Gasteiger partial charge in [-0.25, -0.2) is 4.79 Å². The predicted octanol–water partition coefficient (Wildman–Crippen LogP) is 1.50. The number of hydrogen-bond acceptors (Lipinski definition) is 8. The Morgan fingerprint density at radius 2 is 1.87 bits per heavy atom. The van der Waals surface area contributed by atoms with E-state index in [1.807, 2.05) is 0 Å². The van der Waals surface area contributed by atoms with Gasteiger partial charge in [-0.2, -0.15) is 0 Å². The van der Waals surface area contributed by atoms with Crippen LogP contribution in [0.15, 0.2) is 24.3 Å². The van der Waals surface area contributed by atoms with Crippen molar-refractivity contribution in [2.75, 3.05) is 20.3 Å². The fourth-order valence-corrected chi connectivity index (χ4v) is 2.68. The van der Waals surface area contributed by atoms with Crippen LogP contribution in [0.1, 0.15) is 0 Å². The molecule has 2 fully saturated rings. The lowest BCUT2D eigenvalue weighted by atomic mass is 10.0. The largest absolute Gasteiger partial charge is 0.514 e. The summed E-state index contributed by atoms with van der Waals surface area (Å²) < 4.78 is 26.4. The predicted molar refractivity (Wildman–Crippen MR) is 74.0 cm³/mol. The molecule has 0 aliphatic carbocycles. The van der Waals surface area contributed by atoms with E-state index in [1.54, 1.807) is 7.11 Å². The first kappa shape index (κ1) is 15.7. The SMILES string of the molecule is CO[C@@H]1CO[C@@H]2OC[C@H](OC(=O)Oc3ccc([N+](=O)[O-])cc3)[C@@H]21. The van der Waals surface area contributed by atoms with Gasteiger partial charge in [0, 0.05) is 19.2 Å². The topological polar surface area (TPSA) is 106 Å². The number of methoxy groups -OCH3 is 1. The van der Waals surface area contributed by atoms with Gasteiger partial charge >= 0.3 is 6.16 Å². The molecule has 0 radical (unpaired) electrons. The first-order chi connectivity index (χ1) is 11.1. The molecule has 0 N–H and O–H groups in total. The van der Waals surface area contributed by atoms with Crippen LogP contribution in [0.25, 0.3) is 0 Å². The van der Waals surface area contributed by atoms with Crippen LogP contribution in [0.4, 0.5) is 10.5 Å². The Labute approximate surface area is 131 Å². The summed E-state index contributed by atoms with van der Waals surface area (Å²) in [6, 6.07) is 5.13. The minimum Gasteiger partial charge on any atom is -0.428 e. The number of nitrogens with zero attached hydrogens (tertiary/aromatic N) is 1. The highest BCUT2D eigenvalue weighted by atomic mass is 16.8. The van der Waals surface area contributed by atoms with Crippen molar-refractivity contribution in [3.05, 3.63) is 34.4 Å². The van der Waals surface area contributed by atoms with Gasteiger partial charge in [0.2, 0.25) is 0 Å². The monoisotopic (exact) mass is 325 g/mol. The lowest BCUT2D eigenvalue weighted by Gasteiger charge is -2.20. The smallest absolute Gasteiger partial charge is 0.428 e. The molecular formula is C14H15NO8. The Hall–Kier alpha value is -2.23. The number of non-ortho nitro benzene ring substituents is 1. The van der Waals surface area contributed by atoms with Crippen molar-refractivity contribution in [1.82, 2.24) is 0 Å². The van der Waals surface area contributed by atoms with E-state index in [0.717, 1.165) is 0 Å². The molecule has 0 bridgehead atoms. The van der Waals surface area contributed by atoms with Gasteiger partial charge in [-0.1, -0.05) is 0 Å². The average Bonchev–Trinajstić information content (AvgIpc) is 3.10. The van der Waals surface area contributed by atoms with Crippen LogP contribution in [0.2, 0.25) is 0 Å². The van der Waals surface area contributed by atoms with E-state index in [1.165, 1.54) is 24.3 Å². The zero-order valence-electron chi connectivity index (χ0n) is 12.2. The van der Waals surface area contributed by atoms with Gasteiger partial charge in [-0.3, -0.25) is 10.1 Å². The van der Waals surface area contributed by atoms with Crippen LogP contribution < -0.4 is 4.74 Å². The van der Waals surface area contributed by atoms with E-state index in [4.69, 9.17) is 23.7 Å². The highest BCUT2D eigenvalue weighted by molar-refractivity contribution is 5.64. The summed E-state index contributed by atoms with van der Waals surface area (Å²) >= 11 is 0. The average molecular weight is 325 g/mol. The first-order valence-electron chi connectivity index (χ1n) is 6.97. The Balaban J connectivity index is 1.58. The quantitative estimate of drug-likeness (QED) is 0.355. The van der Waals surface area contributed by atoms with Crippen LogP contribution in [0, 0.1) is 16.0 Å². The maximum Gasteiger partial charge on any atom is 0.514 e. The second-order valence-electron chi connectivity index (χ2n) is 5.15. The molecule has 1 aromatic rings. The Morgan fingerprint density at radius 1 is 1.22 bits per heavy atom. The number of nitro groups is 1. The molecular weight excluding hydrogens is 310 g/mol. The minimum atomic E-state index is -0.908. The van der Waals surface area contributed by atoms with Crippen molar-refractivity contribution >= 4 is 11.8 Å². The van der Waals surface area contributed by atoms with Crippen molar-refractivity contribution in [3.8, 4) is 5.75 Å². The highest BCUT2D eigenvalue weighted by Crippen LogP contribution is 2.35. The number of carbonyl (C=O) groups excluding carboxylic acids is 1. The Bertz CT molecular complexity index is 589. The molecule has 4 atom stereocenters. The summed E-state index contributed by atoms with van der Waals surface area (Å²) in [5.74, 6) is -0.0496. The van der Waals surface area contributed by atoms with E-state index in [0.29, 0.717) is 6.61 Å². The minimum absolute atomic E-state index is 0.0937. The van der Waals surface area contributed by atoms with Crippen LogP contribution in [-0.4, -0.2) is 49.9 Å². The van der Waals surface area contributed by atoms with Gasteiger partial charge in [-0.05, 0) is 12.1 Å². The number of rotatable bonds is 4. The molecule has 2 aliphatic heterocycles. The summed E-state index contributed by atoms with van der Waals surface area (Å²) in [4.78, 5) is 21.9. The van der Waals surface area contributed by atoms with Crippen molar-refractivity contribution in [1.29, 1.82) is 0 Å². The zero-order valence-corrected chi connectivity index (χ0v) is 12.2. The number of nitro benzene ring substituents is 1. The molecule has 0 unspecified atom stereocenters. The molecule has 0 aromatic heterocycles.